The lowest BCUT2D eigenvalue weighted by molar-refractivity contribution is 0.0897. The molecule has 1 unspecified atom stereocenters. The van der Waals surface area contributed by atoms with Crippen LogP contribution in [0.1, 0.15) is 66.1 Å². The fraction of sp³-hybridized carbons (Fsp3) is 0.684. The summed E-state index contributed by atoms with van der Waals surface area (Å²) in [6, 6.07) is 0.141. The van der Waals surface area contributed by atoms with E-state index in [0.717, 1.165) is 80.9 Å². The first-order chi connectivity index (χ1) is 13.1. The van der Waals surface area contributed by atoms with Gasteiger partial charge in [0.15, 0.2) is 5.82 Å². The molecular weight excluding hydrogens is 344 g/mol. The van der Waals surface area contributed by atoms with E-state index in [-0.39, 0.29) is 11.9 Å². The Balaban J connectivity index is 1.39. The summed E-state index contributed by atoms with van der Waals surface area (Å²) in [6.45, 7) is 7.33. The zero-order chi connectivity index (χ0) is 18.8. The number of aromatic nitrogens is 4. The number of rotatable bonds is 5. The fourth-order valence-electron chi connectivity index (χ4n) is 4.19. The van der Waals surface area contributed by atoms with Gasteiger partial charge in [0.05, 0.1) is 23.5 Å². The molecule has 4 heterocycles. The first-order valence-electron chi connectivity index (χ1n) is 10.0. The quantitative estimate of drug-likeness (QED) is 0.862. The molecule has 1 N–H and O–H groups in total. The second-order valence-electron chi connectivity index (χ2n) is 7.59. The molecule has 2 aromatic rings. The maximum absolute atomic E-state index is 13.0. The molecule has 2 aliphatic heterocycles. The molecule has 1 atom stereocenters. The fourth-order valence-corrected chi connectivity index (χ4v) is 4.19. The van der Waals surface area contributed by atoms with Gasteiger partial charge in [-0.15, -0.1) is 0 Å². The molecule has 0 saturated carbocycles. The van der Waals surface area contributed by atoms with Crippen molar-refractivity contribution >= 4 is 5.91 Å². The number of piperidine rings is 1. The number of carbonyl (C=O) groups excluding carboxylic acids is 1. The molecule has 0 bridgehead atoms. The highest BCUT2D eigenvalue weighted by molar-refractivity contribution is 5.96. The molecule has 27 heavy (non-hydrogen) atoms. The van der Waals surface area contributed by atoms with E-state index >= 15 is 0 Å². The summed E-state index contributed by atoms with van der Waals surface area (Å²) < 4.78 is 7.21. The van der Waals surface area contributed by atoms with Crippen molar-refractivity contribution in [2.45, 2.75) is 71.5 Å². The average molecular weight is 372 g/mol. The van der Waals surface area contributed by atoms with E-state index in [1.807, 2.05) is 18.5 Å². The van der Waals surface area contributed by atoms with E-state index in [9.17, 15) is 4.79 Å². The molecule has 2 aromatic heterocycles. The second kappa shape index (κ2) is 7.80. The smallest absolute Gasteiger partial charge is 0.255 e. The first-order valence-corrected chi connectivity index (χ1v) is 10.0. The molecular formula is C19H28N6O2. The highest BCUT2D eigenvalue weighted by Gasteiger charge is 2.27. The minimum atomic E-state index is 0.0235. The average Bonchev–Trinajstić information content (AvgIpc) is 3.24. The van der Waals surface area contributed by atoms with Gasteiger partial charge in [0.2, 0.25) is 5.89 Å². The predicted molar refractivity (Wildman–Crippen MR) is 99.3 cm³/mol. The number of likely N-dealkylation sites (tertiary alicyclic amines) is 1. The third kappa shape index (κ3) is 3.90. The van der Waals surface area contributed by atoms with E-state index in [2.05, 4.69) is 25.5 Å². The van der Waals surface area contributed by atoms with Crippen LogP contribution in [0.4, 0.5) is 0 Å². The van der Waals surface area contributed by atoms with E-state index in [1.54, 1.807) is 0 Å². The van der Waals surface area contributed by atoms with E-state index in [1.165, 1.54) is 0 Å². The van der Waals surface area contributed by atoms with Crippen LogP contribution in [0.3, 0.4) is 0 Å². The SMILES string of the molecule is CCc1nc(CN2CCCC(NC(=O)c3c(C)nn4c3CCCC4)C2)no1. The summed E-state index contributed by atoms with van der Waals surface area (Å²) in [5.41, 5.74) is 2.73. The number of nitrogens with one attached hydrogen (secondary N) is 1. The van der Waals surface area contributed by atoms with Crippen LogP contribution in [-0.2, 0) is 25.9 Å². The predicted octanol–water partition coefficient (Wildman–Crippen LogP) is 1.87. The van der Waals surface area contributed by atoms with Gasteiger partial charge in [0, 0.05) is 25.6 Å². The van der Waals surface area contributed by atoms with Crippen LogP contribution < -0.4 is 5.32 Å². The van der Waals surface area contributed by atoms with Gasteiger partial charge >= 0.3 is 0 Å². The molecule has 4 rings (SSSR count). The minimum Gasteiger partial charge on any atom is -0.348 e. The number of carbonyl (C=O) groups is 1. The Bertz CT molecular complexity index is 811. The Hall–Kier alpha value is -2.22. The van der Waals surface area contributed by atoms with Crippen molar-refractivity contribution in [3.63, 3.8) is 0 Å². The molecule has 0 radical (unpaired) electrons. The van der Waals surface area contributed by atoms with Gasteiger partial charge in [0.25, 0.3) is 5.91 Å². The zero-order valence-corrected chi connectivity index (χ0v) is 16.2. The third-order valence-corrected chi connectivity index (χ3v) is 5.51. The lowest BCUT2D eigenvalue weighted by atomic mass is 10.0. The van der Waals surface area contributed by atoms with Gasteiger partial charge in [0.1, 0.15) is 0 Å². The maximum Gasteiger partial charge on any atom is 0.255 e. The third-order valence-electron chi connectivity index (χ3n) is 5.51. The molecule has 2 aliphatic rings. The van der Waals surface area contributed by atoms with Gasteiger partial charge in [-0.05, 0) is 45.6 Å². The molecule has 1 fully saturated rings. The number of amides is 1. The lowest BCUT2D eigenvalue weighted by Crippen LogP contribution is -2.47. The molecule has 8 nitrogen and oxygen atoms in total. The molecule has 1 saturated heterocycles. The van der Waals surface area contributed by atoms with Crippen molar-refractivity contribution in [3.05, 3.63) is 28.7 Å². The number of hydrogen-bond acceptors (Lipinski definition) is 6. The Morgan fingerprint density at radius 1 is 1.30 bits per heavy atom. The van der Waals surface area contributed by atoms with Crippen LogP contribution >= 0.6 is 0 Å². The standard InChI is InChI=1S/C19H28N6O2/c1-3-17-21-16(23-27-17)12-24-9-6-7-14(11-24)20-19(26)18-13(2)22-25-10-5-4-8-15(18)25/h14H,3-12H2,1-2H3,(H,20,26). The number of nitrogens with zero attached hydrogens (tertiary/aromatic N) is 5. The number of hydrogen-bond donors (Lipinski definition) is 1. The van der Waals surface area contributed by atoms with Crippen molar-refractivity contribution in [1.82, 2.24) is 30.1 Å². The van der Waals surface area contributed by atoms with Gasteiger partial charge in [-0.1, -0.05) is 12.1 Å². The number of aryl methyl sites for hydroxylation is 3. The van der Waals surface area contributed by atoms with Crippen molar-refractivity contribution in [2.75, 3.05) is 13.1 Å². The lowest BCUT2D eigenvalue weighted by Gasteiger charge is -2.32. The zero-order valence-electron chi connectivity index (χ0n) is 16.2. The van der Waals surface area contributed by atoms with E-state index in [4.69, 9.17) is 4.52 Å². The van der Waals surface area contributed by atoms with Gasteiger partial charge < -0.3 is 9.84 Å². The van der Waals surface area contributed by atoms with Gasteiger partial charge in [-0.25, -0.2) is 0 Å². The van der Waals surface area contributed by atoms with Crippen LogP contribution in [0, 0.1) is 6.92 Å². The van der Waals surface area contributed by atoms with Crippen LogP contribution in [0.2, 0.25) is 0 Å². The molecule has 8 heteroatoms. The Kier molecular flexibility index (Phi) is 5.24. The van der Waals surface area contributed by atoms with Crippen molar-refractivity contribution in [2.24, 2.45) is 0 Å². The minimum absolute atomic E-state index is 0.0235. The Labute approximate surface area is 159 Å². The molecule has 0 aromatic carbocycles. The molecule has 146 valence electrons. The highest BCUT2D eigenvalue weighted by atomic mass is 16.5. The summed E-state index contributed by atoms with van der Waals surface area (Å²) in [5.74, 6) is 1.42. The topological polar surface area (TPSA) is 89.1 Å². The summed E-state index contributed by atoms with van der Waals surface area (Å²) in [5, 5.41) is 11.9. The Morgan fingerprint density at radius 3 is 3.00 bits per heavy atom. The van der Waals surface area contributed by atoms with Crippen LogP contribution in [0.5, 0.6) is 0 Å². The van der Waals surface area contributed by atoms with Crippen molar-refractivity contribution < 1.29 is 9.32 Å². The summed E-state index contributed by atoms with van der Waals surface area (Å²) >= 11 is 0. The molecule has 1 amide bonds. The monoisotopic (exact) mass is 372 g/mol. The van der Waals surface area contributed by atoms with Crippen LogP contribution in [-0.4, -0.2) is 49.9 Å². The van der Waals surface area contributed by atoms with Gasteiger partial charge in [-0.3, -0.25) is 14.4 Å². The first kappa shape index (κ1) is 18.2. The second-order valence-corrected chi connectivity index (χ2v) is 7.59. The van der Waals surface area contributed by atoms with Crippen LogP contribution in [0.15, 0.2) is 4.52 Å². The van der Waals surface area contributed by atoms with E-state index < -0.39 is 0 Å². The summed E-state index contributed by atoms with van der Waals surface area (Å²) in [7, 11) is 0. The Morgan fingerprint density at radius 2 is 2.19 bits per heavy atom. The highest BCUT2D eigenvalue weighted by Crippen LogP contribution is 2.22. The van der Waals surface area contributed by atoms with Crippen molar-refractivity contribution in [3.8, 4) is 0 Å². The van der Waals surface area contributed by atoms with Gasteiger partial charge in [-0.2, -0.15) is 10.1 Å². The summed E-state index contributed by atoms with van der Waals surface area (Å²) in [4.78, 5) is 19.6. The van der Waals surface area contributed by atoms with Crippen LogP contribution in [0.25, 0.3) is 0 Å². The van der Waals surface area contributed by atoms with E-state index in [0.29, 0.717) is 12.4 Å². The molecule has 0 aliphatic carbocycles. The largest absolute Gasteiger partial charge is 0.348 e. The summed E-state index contributed by atoms with van der Waals surface area (Å²) in [6.07, 6.45) is 6.01. The van der Waals surface area contributed by atoms with Crippen molar-refractivity contribution in [1.29, 1.82) is 0 Å². The number of fused-ring (bicyclic) bond motifs is 1. The normalized spacial score (nSPS) is 20.4. The molecule has 0 spiro atoms. The maximum atomic E-state index is 13.0.